The van der Waals surface area contributed by atoms with E-state index in [2.05, 4.69) is 10.2 Å². The molecule has 0 unspecified atom stereocenters. The molecule has 5 heteroatoms. The summed E-state index contributed by atoms with van der Waals surface area (Å²) >= 11 is 5.07. The van der Waals surface area contributed by atoms with Crippen LogP contribution in [0.15, 0.2) is 6.33 Å². The Labute approximate surface area is 81.9 Å². The summed E-state index contributed by atoms with van der Waals surface area (Å²) in [5, 5.41) is 6.64. The van der Waals surface area contributed by atoms with Crippen LogP contribution in [0.1, 0.15) is 25.8 Å². The van der Waals surface area contributed by atoms with Gasteiger partial charge in [0, 0.05) is 12.6 Å². The first-order valence-electron chi connectivity index (χ1n) is 4.54. The van der Waals surface area contributed by atoms with Crippen molar-refractivity contribution in [3.8, 4) is 0 Å². The van der Waals surface area contributed by atoms with Crippen LogP contribution in [0.2, 0.25) is 0 Å². The zero-order chi connectivity index (χ0) is 9.26. The molecule has 1 heterocycles. The second-order valence-corrected chi connectivity index (χ2v) is 3.66. The molecule has 72 valence electrons. The quantitative estimate of drug-likeness (QED) is 0.753. The molecule has 1 saturated carbocycles. The average molecular weight is 199 g/mol. The fraction of sp³-hybridized carbons (Fsp3) is 0.750. The van der Waals surface area contributed by atoms with E-state index < -0.39 is 0 Å². The lowest BCUT2D eigenvalue weighted by Gasteiger charge is -2.35. The van der Waals surface area contributed by atoms with Gasteiger partial charge in [-0.3, -0.25) is 5.10 Å². The first-order valence-corrected chi connectivity index (χ1v) is 4.95. The van der Waals surface area contributed by atoms with Gasteiger partial charge in [-0.15, -0.1) is 0 Å². The van der Waals surface area contributed by atoms with Crippen LogP contribution >= 0.6 is 12.2 Å². The molecular formula is C8H13N3OS. The third-order valence-electron chi connectivity index (χ3n) is 2.44. The van der Waals surface area contributed by atoms with Gasteiger partial charge in [0.1, 0.15) is 6.33 Å². The third kappa shape index (κ3) is 1.66. The Morgan fingerprint density at radius 2 is 2.54 bits per heavy atom. The Morgan fingerprint density at radius 3 is 3.08 bits per heavy atom. The first kappa shape index (κ1) is 8.90. The SMILES string of the molecule is CCOC1CC(n2cn[nH]c2=S)C1. The Morgan fingerprint density at radius 1 is 1.77 bits per heavy atom. The van der Waals surface area contributed by atoms with Crippen LogP contribution in [-0.4, -0.2) is 27.5 Å². The molecule has 4 nitrogen and oxygen atoms in total. The second kappa shape index (κ2) is 3.59. The molecule has 1 fully saturated rings. The van der Waals surface area contributed by atoms with E-state index in [0.717, 1.165) is 19.4 Å². The average Bonchev–Trinajstić information content (AvgIpc) is 2.43. The minimum absolute atomic E-state index is 0.423. The van der Waals surface area contributed by atoms with Crippen molar-refractivity contribution >= 4 is 12.2 Å². The summed E-state index contributed by atoms with van der Waals surface area (Å²) in [5.41, 5.74) is 0. The van der Waals surface area contributed by atoms with Crippen molar-refractivity contribution in [1.82, 2.24) is 14.8 Å². The molecule has 0 bridgehead atoms. The molecular weight excluding hydrogens is 186 g/mol. The Balaban J connectivity index is 1.94. The fourth-order valence-electron chi connectivity index (χ4n) is 1.65. The van der Waals surface area contributed by atoms with Crippen LogP contribution in [0, 0.1) is 4.77 Å². The Bertz CT molecular complexity index is 326. The van der Waals surface area contributed by atoms with Gasteiger partial charge in [0.2, 0.25) is 0 Å². The van der Waals surface area contributed by atoms with Crippen molar-refractivity contribution in [2.45, 2.75) is 31.9 Å². The number of ether oxygens (including phenoxy) is 1. The third-order valence-corrected chi connectivity index (χ3v) is 2.74. The molecule has 13 heavy (non-hydrogen) atoms. The molecule has 0 spiro atoms. The minimum Gasteiger partial charge on any atom is -0.378 e. The van der Waals surface area contributed by atoms with E-state index in [4.69, 9.17) is 17.0 Å². The van der Waals surface area contributed by atoms with Gasteiger partial charge in [0.15, 0.2) is 4.77 Å². The van der Waals surface area contributed by atoms with E-state index in [1.54, 1.807) is 6.33 Å². The molecule has 0 radical (unpaired) electrons. The Hall–Kier alpha value is -0.680. The molecule has 0 atom stereocenters. The van der Waals surface area contributed by atoms with Crippen molar-refractivity contribution in [2.24, 2.45) is 0 Å². The summed E-state index contributed by atoms with van der Waals surface area (Å²) < 4.78 is 8.18. The number of hydrogen-bond donors (Lipinski definition) is 1. The van der Waals surface area contributed by atoms with Crippen LogP contribution in [0.4, 0.5) is 0 Å². The zero-order valence-corrected chi connectivity index (χ0v) is 8.38. The molecule has 0 aromatic carbocycles. The van der Waals surface area contributed by atoms with E-state index in [1.807, 2.05) is 11.5 Å². The molecule has 1 aromatic heterocycles. The Kier molecular flexibility index (Phi) is 2.46. The van der Waals surface area contributed by atoms with Gasteiger partial charge in [-0.1, -0.05) is 0 Å². The van der Waals surface area contributed by atoms with E-state index in [0.29, 0.717) is 16.9 Å². The van der Waals surface area contributed by atoms with Crippen LogP contribution < -0.4 is 0 Å². The highest BCUT2D eigenvalue weighted by molar-refractivity contribution is 7.71. The van der Waals surface area contributed by atoms with Crippen molar-refractivity contribution in [1.29, 1.82) is 0 Å². The number of nitrogens with one attached hydrogen (secondary N) is 1. The zero-order valence-electron chi connectivity index (χ0n) is 7.56. The maximum absolute atomic E-state index is 5.47. The first-order chi connectivity index (χ1) is 6.31. The molecule has 2 rings (SSSR count). The van der Waals surface area contributed by atoms with E-state index >= 15 is 0 Å². The maximum Gasteiger partial charge on any atom is 0.195 e. The van der Waals surface area contributed by atoms with Gasteiger partial charge >= 0.3 is 0 Å². The standard InChI is InChI=1S/C8H13N3OS/c1-2-12-7-3-6(4-7)11-5-9-10-8(11)13/h5-7H,2-4H2,1H3,(H,10,13). The lowest BCUT2D eigenvalue weighted by atomic mass is 9.89. The summed E-state index contributed by atoms with van der Waals surface area (Å²) in [4.78, 5) is 0. The number of nitrogens with zero attached hydrogens (tertiary/aromatic N) is 2. The summed E-state index contributed by atoms with van der Waals surface area (Å²) in [6.45, 7) is 2.82. The number of aromatic amines is 1. The summed E-state index contributed by atoms with van der Waals surface area (Å²) in [5.74, 6) is 0. The maximum atomic E-state index is 5.47. The van der Waals surface area contributed by atoms with Crippen molar-refractivity contribution in [2.75, 3.05) is 6.61 Å². The highest BCUT2D eigenvalue weighted by atomic mass is 32.1. The van der Waals surface area contributed by atoms with Gasteiger partial charge in [-0.05, 0) is 32.0 Å². The molecule has 0 amide bonds. The van der Waals surface area contributed by atoms with Gasteiger partial charge < -0.3 is 9.30 Å². The van der Waals surface area contributed by atoms with Crippen molar-refractivity contribution < 1.29 is 4.74 Å². The molecule has 1 aliphatic rings. The lowest BCUT2D eigenvalue weighted by Crippen LogP contribution is -2.33. The highest BCUT2D eigenvalue weighted by Crippen LogP contribution is 2.34. The molecule has 0 aliphatic heterocycles. The summed E-state index contributed by atoms with van der Waals surface area (Å²) in [6, 6.07) is 0.489. The number of rotatable bonds is 3. The predicted octanol–water partition coefficient (Wildman–Crippen LogP) is 1.68. The van der Waals surface area contributed by atoms with Crippen LogP contribution in [-0.2, 0) is 4.74 Å². The topological polar surface area (TPSA) is 42.8 Å². The second-order valence-electron chi connectivity index (χ2n) is 3.27. The molecule has 0 saturated heterocycles. The van der Waals surface area contributed by atoms with Crippen molar-refractivity contribution in [3.63, 3.8) is 0 Å². The summed E-state index contributed by atoms with van der Waals surface area (Å²) in [7, 11) is 0. The lowest BCUT2D eigenvalue weighted by molar-refractivity contribution is -0.0200. The fourth-order valence-corrected chi connectivity index (χ4v) is 1.90. The van der Waals surface area contributed by atoms with Gasteiger partial charge in [0.05, 0.1) is 6.10 Å². The largest absolute Gasteiger partial charge is 0.378 e. The van der Waals surface area contributed by atoms with Crippen LogP contribution in [0.3, 0.4) is 0 Å². The molecule has 1 aromatic rings. The number of aromatic nitrogens is 3. The highest BCUT2D eigenvalue weighted by Gasteiger charge is 2.31. The smallest absolute Gasteiger partial charge is 0.195 e. The minimum atomic E-state index is 0.423. The number of H-pyrrole nitrogens is 1. The van der Waals surface area contributed by atoms with Gasteiger partial charge in [0.25, 0.3) is 0 Å². The number of hydrogen-bond acceptors (Lipinski definition) is 3. The van der Waals surface area contributed by atoms with Crippen molar-refractivity contribution in [3.05, 3.63) is 11.1 Å². The van der Waals surface area contributed by atoms with E-state index in [9.17, 15) is 0 Å². The van der Waals surface area contributed by atoms with E-state index in [1.165, 1.54) is 0 Å². The normalized spacial score (nSPS) is 27.2. The van der Waals surface area contributed by atoms with Gasteiger partial charge in [-0.25, -0.2) is 0 Å². The van der Waals surface area contributed by atoms with Crippen LogP contribution in [0.5, 0.6) is 0 Å². The monoisotopic (exact) mass is 199 g/mol. The summed E-state index contributed by atoms with van der Waals surface area (Å²) in [6.07, 6.45) is 4.30. The predicted molar refractivity (Wildman–Crippen MR) is 51.1 cm³/mol. The van der Waals surface area contributed by atoms with Crippen LogP contribution in [0.25, 0.3) is 0 Å². The molecule has 1 aliphatic carbocycles. The van der Waals surface area contributed by atoms with E-state index in [-0.39, 0.29) is 0 Å². The molecule has 1 N–H and O–H groups in total. The van der Waals surface area contributed by atoms with Gasteiger partial charge in [-0.2, -0.15) is 5.10 Å².